The van der Waals surface area contributed by atoms with Gasteiger partial charge in [-0.3, -0.25) is 14.7 Å². The van der Waals surface area contributed by atoms with Crippen LogP contribution in [0.2, 0.25) is 10.0 Å². The van der Waals surface area contributed by atoms with Gasteiger partial charge < -0.3 is 10.1 Å². The first-order valence-electron chi connectivity index (χ1n) is 11.6. The molecule has 0 saturated carbocycles. The summed E-state index contributed by atoms with van der Waals surface area (Å²) in [4.78, 5) is 33.0. The zero-order valence-electron chi connectivity index (χ0n) is 19.3. The van der Waals surface area contributed by atoms with Crippen LogP contribution < -0.4 is 5.32 Å². The number of hydrogen-bond donors (Lipinski definition) is 1. The van der Waals surface area contributed by atoms with Crippen molar-refractivity contribution in [3.63, 3.8) is 0 Å². The molecule has 0 atom stereocenters. The molecule has 1 aliphatic rings. The molecule has 0 radical (unpaired) electrons. The second-order valence-electron chi connectivity index (χ2n) is 8.62. The van der Waals surface area contributed by atoms with Crippen LogP contribution in [0.1, 0.15) is 27.2 Å². The van der Waals surface area contributed by atoms with E-state index in [1.54, 1.807) is 12.1 Å². The van der Waals surface area contributed by atoms with Gasteiger partial charge in [0, 0.05) is 47.7 Å². The fraction of sp³-hybridized carbons (Fsp3) is 0.179. The van der Waals surface area contributed by atoms with Gasteiger partial charge in [-0.1, -0.05) is 71.7 Å². The number of para-hydroxylation sites is 1. The molecule has 3 aromatic carbocycles. The van der Waals surface area contributed by atoms with E-state index in [9.17, 15) is 9.59 Å². The number of benzene rings is 3. The van der Waals surface area contributed by atoms with E-state index in [0.29, 0.717) is 33.2 Å². The number of aromatic nitrogens is 1. The Labute approximate surface area is 218 Å². The fourth-order valence-corrected chi connectivity index (χ4v) is 4.78. The van der Waals surface area contributed by atoms with Gasteiger partial charge in [-0.15, -0.1) is 0 Å². The molecule has 2 heterocycles. The topological polar surface area (TPSA) is 71.5 Å². The summed E-state index contributed by atoms with van der Waals surface area (Å²) in [5.74, 6) is -1.07. The number of pyridine rings is 1. The van der Waals surface area contributed by atoms with Gasteiger partial charge in [-0.05, 0) is 29.8 Å². The Morgan fingerprint density at radius 2 is 1.78 bits per heavy atom. The summed E-state index contributed by atoms with van der Waals surface area (Å²) in [6, 6.07) is 22.5. The molecular formula is C28H23Cl2N3O3. The van der Waals surface area contributed by atoms with Crippen molar-refractivity contribution in [2.24, 2.45) is 0 Å². The molecule has 8 heteroatoms. The SMILES string of the molecule is O=C(COC(=O)c1c2c(nc3ccccc13)CCN(Cc1ccccc1)C2)Nc1cc(Cl)ccc1Cl. The zero-order valence-corrected chi connectivity index (χ0v) is 20.9. The number of fused-ring (bicyclic) bond motifs is 2. The fourth-order valence-electron chi connectivity index (χ4n) is 4.44. The maximum absolute atomic E-state index is 13.4. The Morgan fingerprint density at radius 3 is 2.61 bits per heavy atom. The monoisotopic (exact) mass is 519 g/mol. The van der Waals surface area contributed by atoms with Crippen LogP contribution in [0, 0.1) is 0 Å². The van der Waals surface area contributed by atoms with Crippen LogP contribution in [-0.4, -0.2) is 34.9 Å². The Bertz CT molecular complexity index is 1440. The number of esters is 1. The zero-order chi connectivity index (χ0) is 25.1. The number of rotatable bonds is 6. The van der Waals surface area contributed by atoms with Gasteiger partial charge in [-0.25, -0.2) is 4.79 Å². The summed E-state index contributed by atoms with van der Waals surface area (Å²) < 4.78 is 5.49. The lowest BCUT2D eigenvalue weighted by atomic mass is 9.95. The van der Waals surface area contributed by atoms with Crippen LogP contribution in [0.15, 0.2) is 72.8 Å². The number of amides is 1. The molecule has 0 saturated heterocycles. The molecule has 4 aromatic rings. The first kappa shape index (κ1) is 24.3. The molecular weight excluding hydrogens is 497 g/mol. The molecule has 1 aliphatic heterocycles. The van der Waals surface area contributed by atoms with E-state index >= 15 is 0 Å². The van der Waals surface area contributed by atoms with Gasteiger partial charge in [0.15, 0.2) is 6.61 Å². The van der Waals surface area contributed by atoms with E-state index < -0.39 is 18.5 Å². The highest BCUT2D eigenvalue weighted by Crippen LogP contribution is 2.30. The van der Waals surface area contributed by atoms with E-state index in [4.69, 9.17) is 32.9 Å². The Kier molecular flexibility index (Phi) is 7.18. The quantitative estimate of drug-likeness (QED) is 0.321. The minimum Gasteiger partial charge on any atom is -0.452 e. The van der Waals surface area contributed by atoms with Gasteiger partial charge in [0.25, 0.3) is 5.91 Å². The van der Waals surface area contributed by atoms with Gasteiger partial charge >= 0.3 is 5.97 Å². The molecule has 0 aliphatic carbocycles. The summed E-state index contributed by atoms with van der Waals surface area (Å²) in [6.45, 7) is 1.71. The Morgan fingerprint density at radius 1 is 1.00 bits per heavy atom. The number of halogens is 2. The maximum atomic E-state index is 13.4. The second kappa shape index (κ2) is 10.7. The van der Waals surface area contributed by atoms with Crippen LogP contribution in [0.25, 0.3) is 10.9 Å². The lowest BCUT2D eigenvalue weighted by Gasteiger charge is -2.30. The molecule has 1 amide bonds. The van der Waals surface area contributed by atoms with Crippen LogP contribution >= 0.6 is 23.2 Å². The molecule has 1 aromatic heterocycles. The third-order valence-corrected chi connectivity index (χ3v) is 6.68. The van der Waals surface area contributed by atoms with Crippen molar-refractivity contribution >= 4 is 51.7 Å². The van der Waals surface area contributed by atoms with Crippen LogP contribution in [-0.2, 0) is 29.0 Å². The smallest absolute Gasteiger partial charge is 0.339 e. The van der Waals surface area contributed by atoms with Crippen molar-refractivity contribution in [1.82, 2.24) is 9.88 Å². The molecule has 0 bridgehead atoms. The highest BCUT2D eigenvalue weighted by Gasteiger charge is 2.27. The number of carbonyl (C=O) groups is 2. The molecule has 5 rings (SSSR count). The van der Waals surface area contributed by atoms with Gasteiger partial charge in [0.1, 0.15) is 0 Å². The summed E-state index contributed by atoms with van der Waals surface area (Å²) >= 11 is 12.1. The van der Waals surface area contributed by atoms with E-state index in [1.165, 1.54) is 11.6 Å². The summed E-state index contributed by atoms with van der Waals surface area (Å²) in [5.41, 5.74) is 4.49. The van der Waals surface area contributed by atoms with Crippen molar-refractivity contribution in [1.29, 1.82) is 0 Å². The number of nitrogens with zero attached hydrogens (tertiary/aromatic N) is 2. The lowest BCUT2D eigenvalue weighted by Crippen LogP contribution is -2.32. The van der Waals surface area contributed by atoms with Crippen LogP contribution in [0.3, 0.4) is 0 Å². The average Bonchev–Trinajstić information content (AvgIpc) is 2.88. The van der Waals surface area contributed by atoms with Gasteiger partial charge in [0.2, 0.25) is 0 Å². The van der Waals surface area contributed by atoms with Crippen LogP contribution in [0.5, 0.6) is 0 Å². The minimum absolute atomic E-state index is 0.340. The van der Waals surface area contributed by atoms with Crippen molar-refractivity contribution in [2.75, 3.05) is 18.5 Å². The maximum Gasteiger partial charge on any atom is 0.339 e. The standard InChI is InChI=1S/C28H23Cl2N3O3/c29-19-10-11-22(30)25(14-19)32-26(34)17-36-28(35)27-20-8-4-5-9-23(20)31-24-12-13-33(16-21(24)27)15-18-6-2-1-3-7-18/h1-11,14H,12-13,15-17H2,(H,32,34). The predicted molar refractivity (Wildman–Crippen MR) is 141 cm³/mol. The minimum atomic E-state index is -0.557. The van der Waals surface area contributed by atoms with E-state index in [2.05, 4.69) is 22.3 Å². The number of ether oxygens (including phenoxy) is 1. The largest absolute Gasteiger partial charge is 0.452 e. The van der Waals surface area contributed by atoms with E-state index in [0.717, 1.165) is 36.3 Å². The van der Waals surface area contributed by atoms with E-state index in [1.807, 2.05) is 42.5 Å². The van der Waals surface area contributed by atoms with E-state index in [-0.39, 0.29) is 0 Å². The Hall–Kier alpha value is -3.45. The van der Waals surface area contributed by atoms with Crippen molar-refractivity contribution < 1.29 is 14.3 Å². The predicted octanol–water partition coefficient (Wildman–Crippen LogP) is 5.90. The molecule has 0 unspecified atom stereocenters. The third kappa shape index (κ3) is 5.36. The first-order valence-corrected chi connectivity index (χ1v) is 12.3. The average molecular weight is 520 g/mol. The normalized spacial score (nSPS) is 13.3. The molecule has 182 valence electrons. The van der Waals surface area contributed by atoms with Crippen LogP contribution in [0.4, 0.5) is 5.69 Å². The third-order valence-electron chi connectivity index (χ3n) is 6.12. The molecule has 6 nitrogen and oxygen atoms in total. The summed E-state index contributed by atoms with van der Waals surface area (Å²) in [5, 5.41) is 4.12. The number of nitrogens with one attached hydrogen (secondary N) is 1. The number of anilines is 1. The summed E-state index contributed by atoms with van der Waals surface area (Å²) in [7, 11) is 0. The highest BCUT2D eigenvalue weighted by molar-refractivity contribution is 6.35. The summed E-state index contributed by atoms with van der Waals surface area (Å²) in [6.07, 6.45) is 0.723. The molecule has 0 spiro atoms. The van der Waals surface area contributed by atoms with Crippen molar-refractivity contribution in [3.8, 4) is 0 Å². The molecule has 1 N–H and O–H groups in total. The number of carbonyl (C=O) groups excluding carboxylic acids is 2. The Balaban J connectivity index is 1.38. The van der Waals surface area contributed by atoms with Crippen molar-refractivity contribution in [2.45, 2.75) is 19.5 Å². The first-order chi connectivity index (χ1) is 17.5. The molecule has 36 heavy (non-hydrogen) atoms. The van der Waals surface area contributed by atoms with Crippen molar-refractivity contribution in [3.05, 3.63) is 105 Å². The van der Waals surface area contributed by atoms with Gasteiger partial charge in [-0.2, -0.15) is 0 Å². The lowest BCUT2D eigenvalue weighted by molar-refractivity contribution is -0.119. The second-order valence-corrected chi connectivity index (χ2v) is 9.47. The highest BCUT2D eigenvalue weighted by atomic mass is 35.5. The molecule has 0 fully saturated rings. The van der Waals surface area contributed by atoms with Gasteiger partial charge in [0.05, 0.1) is 21.8 Å². The number of hydrogen-bond acceptors (Lipinski definition) is 5.